The fraction of sp³-hybridized carbons (Fsp3) is 0.214. The molecule has 2 aromatic rings. The highest BCUT2D eigenvalue weighted by molar-refractivity contribution is 5.95. The molecule has 17 heavy (non-hydrogen) atoms. The van der Waals surface area contributed by atoms with E-state index in [0.717, 1.165) is 24.1 Å². The molecule has 0 spiro atoms. The van der Waals surface area contributed by atoms with E-state index >= 15 is 0 Å². The van der Waals surface area contributed by atoms with Gasteiger partial charge in [-0.15, -0.1) is 0 Å². The first-order valence-electron chi connectivity index (χ1n) is 5.69. The summed E-state index contributed by atoms with van der Waals surface area (Å²) in [7, 11) is 0. The maximum absolute atomic E-state index is 11.8. The third-order valence-electron chi connectivity index (χ3n) is 2.55. The molecule has 0 N–H and O–H groups in total. The minimum absolute atomic E-state index is 0.189. The van der Waals surface area contributed by atoms with Gasteiger partial charge in [-0.3, -0.25) is 14.8 Å². The van der Waals surface area contributed by atoms with Crippen molar-refractivity contribution >= 4 is 5.78 Å². The number of benzene rings is 1. The largest absolute Gasteiger partial charge is 0.294 e. The van der Waals surface area contributed by atoms with Gasteiger partial charge in [-0.2, -0.15) is 0 Å². The van der Waals surface area contributed by atoms with Crippen molar-refractivity contribution in [3.8, 4) is 0 Å². The molecule has 86 valence electrons. The Morgan fingerprint density at radius 1 is 1.12 bits per heavy atom. The molecular formula is C14H14N2O. The van der Waals surface area contributed by atoms with Crippen molar-refractivity contribution in [2.45, 2.75) is 19.3 Å². The summed E-state index contributed by atoms with van der Waals surface area (Å²) in [5, 5.41) is 0. The molecule has 0 saturated heterocycles. The van der Waals surface area contributed by atoms with Crippen molar-refractivity contribution in [3.63, 3.8) is 0 Å². The van der Waals surface area contributed by atoms with Gasteiger partial charge in [0.2, 0.25) is 0 Å². The molecule has 0 saturated carbocycles. The molecule has 1 heterocycles. The van der Waals surface area contributed by atoms with E-state index in [9.17, 15) is 4.79 Å². The Bertz CT molecular complexity index is 468. The minimum atomic E-state index is 0.189. The standard InChI is InChI=1S/C14H14N2O/c17-14(12-5-2-1-3-6-12)8-4-7-13-11-15-9-10-16-13/h1-3,5-6,9-11H,4,7-8H2. The summed E-state index contributed by atoms with van der Waals surface area (Å²) in [6.45, 7) is 0. The van der Waals surface area contributed by atoms with Crippen molar-refractivity contribution in [1.29, 1.82) is 0 Å². The number of carbonyl (C=O) groups excluding carboxylic acids is 1. The van der Waals surface area contributed by atoms with Gasteiger partial charge in [0.05, 0.1) is 5.69 Å². The first-order valence-corrected chi connectivity index (χ1v) is 5.69. The summed E-state index contributed by atoms with van der Waals surface area (Å²) in [4.78, 5) is 20.0. The Labute approximate surface area is 101 Å². The molecule has 0 radical (unpaired) electrons. The van der Waals surface area contributed by atoms with E-state index in [2.05, 4.69) is 9.97 Å². The first kappa shape index (κ1) is 11.5. The monoisotopic (exact) mass is 226 g/mol. The Morgan fingerprint density at radius 2 is 1.94 bits per heavy atom. The Balaban J connectivity index is 1.82. The minimum Gasteiger partial charge on any atom is -0.294 e. The third-order valence-corrected chi connectivity index (χ3v) is 2.55. The molecule has 0 bridgehead atoms. The Kier molecular flexibility index (Phi) is 3.97. The topological polar surface area (TPSA) is 42.9 Å². The molecule has 0 amide bonds. The van der Waals surface area contributed by atoms with Gasteiger partial charge in [0.15, 0.2) is 5.78 Å². The number of carbonyl (C=O) groups is 1. The van der Waals surface area contributed by atoms with Gasteiger partial charge in [-0.25, -0.2) is 0 Å². The lowest BCUT2D eigenvalue weighted by atomic mass is 10.1. The van der Waals surface area contributed by atoms with E-state index in [4.69, 9.17) is 0 Å². The van der Waals surface area contributed by atoms with Crippen LogP contribution in [0.3, 0.4) is 0 Å². The zero-order valence-corrected chi connectivity index (χ0v) is 9.54. The maximum atomic E-state index is 11.8. The predicted molar refractivity (Wildman–Crippen MR) is 65.7 cm³/mol. The average molecular weight is 226 g/mol. The molecule has 0 fully saturated rings. The number of aryl methyl sites for hydroxylation is 1. The number of hydrogen-bond acceptors (Lipinski definition) is 3. The van der Waals surface area contributed by atoms with E-state index in [-0.39, 0.29) is 5.78 Å². The molecule has 3 heteroatoms. The van der Waals surface area contributed by atoms with Crippen molar-refractivity contribution in [3.05, 3.63) is 60.2 Å². The second kappa shape index (κ2) is 5.89. The summed E-state index contributed by atoms with van der Waals surface area (Å²) in [6, 6.07) is 9.39. The summed E-state index contributed by atoms with van der Waals surface area (Å²) in [5.74, 6) is 0.189. The molecule has 1 aromatic carbocycles. The average Bonchev–Trinajstić information content (AvgIpc) is 2.41. The normalized spacial score (nSPS) is 10.1. The highest BCUT2D eigenvalue weighted by Crippen LogP contribution is 2.07. The van der Waals surface area contributed by atoms with Gasteiger partial charge in [-0.1, -0.05) is 30.3 Å². The summed E-state index contributed by atoms with van der Waals surface area (Å²) >= 11 is 0. The molecule has 0 atom stereocenters. The summed E-state index contributed by atoms with van der Waals surface area (Å²) < 4.78 is 0. The van der Waals surface area contributed by atoms with E-state index in [1.165, 1.54) is 0 Å². The van der Waals surface area contributed by atoms with Crippen LogP contribution in [-0.2, 0) is 6.42 Å². The molecule has 0 aliphatic heterocycles. The van der Waals surface area contributed by atoms with Gasteiger partial charge in [0.1, 0.15) is 0 Å². The molecule has 0 aliphatic carbocycles. The van der Waals surface area contributed by atoms with Crippen LogP contribution < -0.4 is 0 Å². The Hall–Kier alpha value is -2.03. The van der Waals surface area contributed by atoms with E-state index in [0.29, 0.717) is 6.42 Å². The van der Waals surface area contributed by atoms with Crippen LogP contribution >= 0.6 is 0 Å². The van der Waals surface area contributed by atoms with Crippen molar-refractivity contribution in [2.75, 3.05) is 0 Å². The summed E-state index contributed by atoms with van der Waals surface area (Å²) in [6.07, 6.45) is 7.24. The lowest BCUT2D eigenvalue weighted by Gasteiger charge is -2.00. The maximum Gasteiger partial charge on any atom is 0.162 e. The third kappa shape index (κ3) is 3.48. The number of Topliss-reactive ketones (excluding diaryl/α,β-unsaturated/α-hetero) is 1. The SMILES string of the molecule is O=C(CCCc1cnccn1)c1ccccc1. The van der Waals surface area contributed by atoms with Gasteiger partial charge in [0, 0.05) is 30.6 Å². The van der Waals surface area contributed by atoms with Gasteiger partial charge in [-0.05, 0) is 12.8 Å². The van der Waals surface area contributed by atoms with E-state index < -0.39 is 0 Å². The van der Waals surface area contributed by atoms with Crippen molar-refractivity contribution in [1.82, 2.24) is 9.97 Å². The van der Waals surface area contributed by atoms with Gasteiger partial charge < -0.3 is 0 Å². The Morgan fingerprint density at radius 3 is 2.65 bits per heavy atom. The van der Waals surface area contributed by atoms with Crippen LogP contribution in [-0.4, -0.2) is 15.8 Å². The quantitative estimate of drug-likeness (QED) is 0.736. The molecular weight excluding hydrogens is 212 g/mol. The van der Waals surface area contributed by atoms with Gasteiger partial charge in [0.25, 0.3) is 0 Å². The second-order valence-corrected chi connectivity index (χ2v) is 3.84. The second-order valence-electron chi connectivity index (χ2n) is 3.84. The van der Waals surface area contributed by atoms with Crippen molar-refractivity contribution < 1.29 is 4.79 Å². The summed E-state index contributed by atoms with van der Waals surface area (Å²) in [5.41, 5.74) is 1.72. The molecule has 1 aromatic heterocycles. The fourth-order valence-corrected chi connectivity index (χ4v) is 1.66. The number of rotatable bonds is 5. The fourth-order valence-electron chi connectivity index (χ4n) is 1.66. The van der Waals surface area contributed by atoms with Crippen LogP contribution in [0.5, 0.6) is 0 Å². The number of hydrogen-bond donors (Lipinski definition) is 0. The van der Waals surface area contributed by atoms with Crippen LogP contribution in [0, 0.1) is 0 Å². The lowest BCUT2D eigenvalue weighted by Crippen LogP contribution is -2.00. The van der Waals surface area contributed by atoms with Crippen LogP contribution in [0.4, 0.5) is 0 Å². The molecule has 0 unspecified atom stereocenters. The zero-order valence-electron chi connectivity index (χ0n) is 9.54. The number of ketones is 1. The number of aromatic nitrogens is 2. The van der Waals surface area contributed by atoms with Crippen LogP contribution in [0.15, 0.2) is 48.9 Å². The molecule has 3 nitrogen and oxygen atoms in total. The smallest absolute Gasteiger partial charge is 0.162 e. The highest BCUT2D eigenvalue weighted by atomic mass is 16.1. The van der Waals surface area contributed by atoms with Crippen LogP contribution in [0.2, 0.25) is 0 Å². The van der Waals surface area contributed by atoms with Crippen LogP contribution in [0.1, 0.15) is 28.9 Å². The van der Waals surface area contributed by atoms with Crippen LogP contribution in [0.25, 0.3) is 0 Å². The lowest BCUT2D eigenvalue weighted by molar-refractivity contribution is 0.0980. The van der Waals surface area contributed by atoms with Gasteiger partial charge >= 0.3 is 0 Å². The molecule has 0 aliphatic rings. The van der Waals surface area contributed by atoms with E-state index in [1.807, 2.05) is 30.3 Å². The predicted octanol–water partition coefficient (Wildman–Crippen LogP) is 2.68. The zero-order chi connectivity index (χ0) is 11.9. The van der Waals surface area contributed by atoms with Crippen molar-refractivity contribution in [2.24, 2.45) is 0 Å². The highest BCUT2D eigenvalue weighted by Gasteiger charge is 2.04. The van der Waals surface area contributed by atoms with E-state index in [1.54, 1.807) is 18.6 Å². The number of nitrogens with zero attached hydrogens (tertiary/aromatic N) is 2. The first-order chi connectivity index (χ1) is 8.36. The molecule has 2 rings (SSSR count).